The van der Waals surface area contributed by atoms with E-state index < -0.39 is 35.5 Å². The van der Waals surface area contributed by atoms with Crippen LogP contribution in [0.3, 0.4) is 0 Å². The van der Waals surface area contributed by atoms with Crippen molar-refractivity contribution >= 4 is 29.2 Å². The molecule has 1 fully saturated rings. The van der Waals surface area contributed by atoms with E-state index in [1.165, 1.54) is 7.05 Å². The molecular formula is C21H28N6O6. The molecule has 0 aliphatic carbocycles. The molecule has 33 heavy (non-hydrogen) atoms. The van der Waals surface area contributed by atoms with Crippen LogP contribution in [0, 0.1) is 11.8 Å². The Labute approximate surface area is 190 Å². The van der Waals surface area contributed by atoms with E-state index >= 15 is 0 Å². The summed E-state index contributed by atoms with van der Waals surface area (Å²) in [6.45, 7) is 8.10. The van der Waals surface area contributed by atoms with Crippen molar-refractivity contribution in [3.8, 4) is 11.8 Å². The number of fused-ring (bicyclic) bond motifs is 1. The highest BCUT2D eigenvalue weighted by Gasteiger charge is 2.29. The fourth-order valence-electron chi connectivity index (χ4n) is 3.60. The Hall–Kier alpha value is -3.75. The Kier molecular flexibility index (Phi) is 6.53. The first-order valence-electron chi connectivity index (χ1n) is 10.5. The summed E-state index contributed by atoms with van der Waals surface area (Å²) in [5.41, 5.74) is -1.84. The molecule has 2 aromatic rings. The van der Waals surface area contributed by atoms with Gasteiger partial charge < -0.3 is 19.6 Å². The number of aryl methyl sites for hydroxylation is 1. The number of anilines is 1. The third-order valence-corrected chi connectivity index (χ3v) is 5.13. The SMILES string of the molecule is CC#CCn1c(N2CCN(C(=O)OC(C)(C)C)CC2)nc2c1c(=O)n(CC(=O)O)c(=O)n2C. The third-order valence-electron chi connectivity index (χ3n) is 5.13. The molecule has 0 atom stereocenters. The molecule has 1 amide bonds. The molecule has 0 saturated carbocycles. The van der Waals surface area contributed by atoms with E-state index in [0.717, 1.165) is 4.57 Å². The average molecular weight is 460 g/mol. The van der Waals surface area contributed by atoms with Gasteiger partial charge in [-0.3, -0.25) is 18.7 Å². The summed E-state index contributed by atoms with van der Waals surface area (Å²) >= 11 is 0. The number of amides is 1. The molecule has 3 rings (SSSR count). The van der Waals surface area contributed by atoms with E-state index in [-0.39, 0.29) is 17.7 Å². The number of carbonyl (C=O) groups is 2. The van der Waals surface area contributed by atoms with E-state index in [1.54, 1.807) is 37.2 Å². The first kappa shape index (κ1) is 23.9. The van der Waals surface area contributed by atoms with E-state index in [0.29, 0.717) is 36.7 Å². The van der Waals surface area contributed by atoms with Gasteiger partial charge in [-0.05, 0) is 27.7 Å². The number of rotatable bonds is 4. The number of carbonyl (C=O) groups excluding carboxylic acids is 1. The highest BCUT2D eigenvalue weighted by molar-refractivity contribution is 5.76. The predicted molar refractivity (Wildman–Crippen MR) is 120 cm³/mol. The Morgan fingerprint density at radius 2 is 1.76 bits per heavy atom. The fourth-order valence-corrected chi connectivity index (χ4v) is 3.60. The van der Waals surface area contributed by atoms with Gasteiger partial charge in [-0.15, -0.1) is 5.92 Å². The zero-order valence-electron chi connectivity index (χ0n) is 19.4. The molecule has 1 saturated heterocycles. The predicted octanol–water partition coefficient (Wildman–Crippen LogP) is 0.0617. The minimum Gasteiger partial charge on any atom is -0.480 e. The van der Waals surface area contributed by atoms with Crippen molar-refractivity contribution in [1.29, 1.82) is 0 Å². The quantitative estimate of drug-likeness (QED) is 0.634. The average Bonchev–Trinajstić information content (AvgIpc) is 3.12. The number of imidazole rings is 1. The molecule has 2 aromatic heterocycles. The molecule has 1 aliphatic rings. The van der Waals surface area contributed by atoms with Gasteiger partial charge in [0.1, 0.15) is 12.1 Å². The van der Waals surface area contributed by atoms with Gasteiger partial charge in [0.2, 0.25) is 5.95 Å². The molecule has 0 bridgehead atoms. The zero-order chi connectivity index (χ0) is 24.5. The van der Waals surface area contributed by atoms with Crippen LogP contribution in [0.15, 0.2) is 9.59 Å². The summed E-state index contributed by atoms with van der Waals surface area (Å²) in [6, 6.07) is 0. The highest BCUT2D eigenvalue weighted by Crippen LogP contribution is 2.21. The first-order chi connectivity index (χ1) is 15.4. The van der Waals surface area contributed by atoms with Gasteiger partial charge in [0, 0.05) is 33.2 Å². The van der Waals surface area contributed by atoms with E-state index in [4.69, 9.17) is 9.84 Å². The van der Waals surface area contributed by atoms with Crippen molar-refractivity contribution in [2.24, 2.45) is 7.05 Å². The van der Waals surface area contributed by atoms with Crippen LogP contribution in [0.4, 0.5) is 10.7 Å². The molecule has 0 aromatic carbocycles. The van der Waals surface area contributed by atoms with Crippen LogP contribution in [0.5, 0.6) is 0 Å². The minimum absolute atomic E-state index is 0.102. The summed E-state index contributed by atoms with van der Waals surface area (Å²) in [4.78, 5) is 57.3. The standard InChI is InChI=1S/C21H28N6O6/c1-6-7-8-26-15-16(23(5)19(31)27(17(15)30)13-14(28)29)22-18(26)24-9-11-25(12-10-24)20(32)33-21(2,3)4/h8-13H2,1-5H3,(H,28,29). The summed E-state index contributed by atoms with van der Waals surface area (Å²) in [6.07, 6.45) is -0.397. The van der Waals surface area contributed by atoms with Gasteiger partial charge in [0.25, 0.3) is 5.56 Å². The maximum Gasteiger partial charge on any atom is 0.410 e. The number of aromatic nitrogens is 4. The smallest absolute Gasteiger partial charge is 0.410 e. The van der Waals surface area contributed by atoms with E-state index in [1.807, 2.05) is 4.90 Å². The lowest BCUT2D eigenvalue weighted by molar-refractivity contribution is -0.137. The second kappa shape index (κ2) is 9.01. The van der Waals surface area contributed by atoms with Gasteiger partial charge in [-0.1, -0.05) is 5.92 Å². The maximum absolute atomic E-state index is 13.1. The molecule has 0 spiro atoms. The zero-order valence-corrected chi connectivity index (χ0v) is 19.4. The number of nitrogens with zero attached hydrogens (tertiary/aromatic N) is 6. The van der Waals surface area contributed by atoms with Crippen LogP contribution in [0.1, 0.15) is 27.7 Å². The number of hydrogen-bond donors (Lipinski definition) is 1. The highest BCUT2D eigenvalue weighted by atomic mass is 16.6. The monoisotopic (exact) mass is 460 g/mol. The number of ether oxygens (including phenoxy) is 1. The van der Waals surface area contributed by atoms with Crippen LogP contribution in [0.2, 0.25) is 0 Å². The van der Waals surface area contributed by atoms with Crippen molar-refractivity contribution in [2.75, 3.05) is 31.1 Å². The molecule has 0 unspecified atom stereocenters. The van der Waals surface area contributed by atoms with Crippen LogP contribution < -0.4 is 16.1 Å². The van der Waals surface area contributed by atoms with Crippen LogP contribution >= 0.6 is 0 Å². The molecule has 1 N–H and O–H groups in total. The van der Waals surface area contributed by atoms with Crippen molar-refractivity contribution in [3.05, 3.63) is 20.8 Å². The first-order valence-corrected chi connectivity index (χ1v) is 10.5. The number of carboxylic acid groups (broad SMARTS) is 1. The summed E-state index contributed by atoms with van der Waals surface area (Å²) in [5, 5.41) is 9.14. The Morgan fingerprint density at radius 1 is 1.12 bits per heavy atom. The van der Waals surface area contributed by atoms with Crippen molar-refractivity contribution in [3.63, 3.8) is 0 Å². The summed E-state index contributed by atoms with van der Waals surface area (Å²) in [7, 11) is 1.44. The third kappa shape index (κ3) is 4.87. The second-order valence-electron chi connectivity index (χ2n) is 8.68. The van der Waals surface area contributed by atoms with Crippen molar-refractivity contribution in [1.82, 2.24) is 23.6 Å². The Morgan fingerprint density at radius 3 is 2.30 bits per heavy atom. The normalized spacial score (nSPS) is 14.2. The fraction of sp³-hybridized carbons (Fsp3) is 0.571. The summed E-state index contributed by atoms with van der Waals surface area (Å²) in [5.74, 6) is 4.81. The van der Waals surface area contributed by atoms with Crippen LogP contribution in [0.25, 0.3) is 11.2 Å². The van der Waals surface area contributed by atoms with Gasteiger partial charge >= 0.3 is 17.8 Å². The van der Waals surface area contributed by atoms with Crippen molar-refractivity contribution < 1.29 is 19.4 Å². The molecule has 178 valence electrons. The lowest BCUT2D eigenvalue weighted by Gasteiger charge is -2.36. The minimum atomic E-state index is -1.30. The topological polar surface area (TPSA) is 132 Å². The largest absolute Gasteiger partial charge is 0.480 e. The molecule has 3 heterocycles. The maximum atomic E-state index is 13.1. The van der Waals surface area contributed by atoms with Gasteiger partial charge in [-0.2, -0.15) is 4.98 Å². The lowest BCUT2D eigenvalue weighted by atomic mass is 10.2. The Bertz CT molecular complexity index is 1260. The molecule has 12 heteroatoms. The van der Waals surface area contributed by atoms with E-state index in [9.17, 15) is 19.2 Å². The Balaban J connectivity index is 2.02. The number of aliphatic carboxylic acids is 1. The number of piperazine rings is 1. The van der Waals surface area contributed by atoms with E-state index in [2.05, 4.69) is 16.8 Å². The van der Waals surface area contributed by atoms with Crippen molar-refractivity contribution in [2.45, 2.75) is 46.4 Å². The molecular weight excluding hydrogens is 432 g/mol. The summed E-state index contributed by atoms with van der Waals surface area (Å²) < 4.78 is 8.86. The second-order valence-corrected chi connectivity index (χ2v) is 8.68. The number of carboxylic acids is 1. The van der Waals surface area contributed by atoms with Gasteiger partial charge in [-0.25, -0.2) is 14.2 Å². The number of hydrogen-bond acceptors (Lipinski definition) is 7. The van der Waals surface area contributed by atoms with Gasteiger partial charge in [0.05, 0.1) is 6.54 Å². The lowest BCUT2D eigenvalue weighted by Crippen LogP contribution is -2.50. The van der Waals surface area contributed by atoms with Gasteiger partial charge in [0.15, 0.2) is 11.2 Å². The van der Waals surface area contributed by atoms with Crippen LogP contribution in [-0.2, 0) is 29.7 Å². The molecule has 12 nitrogen and oxygen atoms in total. The molecule has 0 radical (unpaired) electrons. The molecule has 1 aliphatic heterocycles. The van der Waals surface area contributed by atoms with Crippen LogP contribution in [-0.4, -0.2) is 72.5 Å².